The molecule has 0 aliphatic heterocycles. The zero-order valence-electron chi connectivity index (χ0n) is 24.8. The molecule has 0 spiro atoms. The summed E-state index contributed by atoms with van der Waals surface area (Å²) in [5.74, 6) is 2.93. The van der Waals surface area contributed by atoms with Gasteiger partial charge in [-0.2, -0.15) is 27.8 Å². The molecule has 0 saturated heterocycles. The number of allylic oxidation sites excluding steroid dienone is 1. The summed E-state index contributed by atoms with van der Waals surface area (Å²) in [5.41, 5.74) is 0.0310. The molecule has 1 fully saturated rings. The molecule has 0 amide bonds. The van der Waals surface area contributed by atoms with E-state index in [0.29, 0.717) is 40.3 Å². The lowest BCUT2D eigenvalue weighted by Gasteiger charge is -2.48. The molecule has 1 unspecified atom stereocenters. The number of Topliss-reactive ketones (excluding diaryl/α,β-unsaturated/α-hetero) is 1. The number of fused-ring (bicyclic) bond motifs is 2. The number of rotatable bonds is 7. The third-order valence-corrected chi connectivity index (χ3v) is 11.0. The third kappa shape index (κ3) is 5.39. The molecule has 14 heteroatoms. The van der Waals surface area contributed by atoms with E-state index in [2.05, 4.69) is 26.0 Å². The van der Waals surface area contributed by atoms with Crippen LogP contribution in [0, 0.1) is 11.4 Å². The maximum absolute atomic E-state index is 14.6. The van der Waals surface area contributed by atoms with Crippen molar-refractivity contribution in [1.29, 1.82) is 0 Å². The van der Waals surface area contributed by atoms with E-state index in [9.17, 15) is 26.6 Å². The van der Waals surface area contributed by atoms with Gasteiger partial charge in [-0.3, -0.25) is 14.5 Å². The Kier molecular flexibility index (Phi) is 7.55. The summed E-state index contributed by atoms with van der Waals surface area (Å²) in [4.78, 5) is 22.8. The number of nitrogens with zero attached hydrogens (tertiary/aromatic N) is 7. The van der Waals surface area contributed by atoms with Crippen LogP contribution >= 0.6 is 0 Å². The van der Waals surface area contributed by atoms with Crippen LogP contribution in [0.5, 0.6) is 0 Å². The molecular weight excluding hydrogens is 610 g/mol. The number of hydrogen-bond acceptors (Lipinski definition) is 6. The second kappa shape index (κ2) is 11.0. The number of carbonyl (C=O) groups is 1. The molecule has 0 radical (unpaired) electrons. The molecule has 1 saturated carbocycles. The first-order valence-electron chi connectivity index (χ1n) is 14.3. The minimum atomic E-state index is -4.66. The molecule has 2 aliphatic rings. The molecule has 3 atom stereocenters. The SMILES string of the molecule is C=S(=O)(c1cnn(C)c1)N(C(C)C)[C@H]1CCC2=Cc3c(cnn3-c3ccc(F)nc3)C[C@]2(C(=O)c2cc(C(F)(F)F)ccn2)C1. The first kappa shape index (κ1) is 30.8. The van der Waals surface area contributed by atoms with Crippen LogP contribution in [0.2, 0.25) is 0 Å². The van der Waals surface area contributed by atoms with Gasteiger partial charge in [-0.25, -0.2) is 18.2 Å². The van der Waals surface area contributed by atoms with E-state index in [4.69, 9.17) is 0 Å². The Balaban J connectivity index is 1.47. The fourth-order valence-corrected chi connectivity index (χ4v) is 8.78. The van der Waals surface area contributed by atoms with Crippen molar-refractivity contribution in [2.45, 2.75) is 62.7 Å². The first-order chi connectivity index (χ1) is 21.2. The van der Waals surface area contributed by atoms with Gasteiger partial charge >= 0.3 is 6.18 Å². The van der Waals surface area contributed by atoms with Crippen LogP contribution in [0.1, 0.15) is 60.4 Å². The van der Waals surface area contributed by atoms with Crippen molar-refractivity contribution >= 4 is 27.4 Å². The van der Waals surface area contributed by atoms with Gasteiger partial charge in [-0.1, -0.05) is 5.57 Å². The highest BCUT2D eigenvalue weighted by Crippen LogP contribution is 2.52. The highest BCUT2D eigenvalue weighted by molar-refractivity contribution is 7.98. The molecule has 4 heterocycles. The zero-order valence-corrected chi connectivity index (χ0v) is 25.6. The average molecular weight is 642 g/mol. The molecule has 2 aliphatic carbocycles. The number of pyridine rings is 2. The van der Waals surface area contributed by atoms with Gasteiger partial charge < -0.3 is 0 Å². The van der Waals surface area contributed by atoms with Gasteiger partial charge in [0, 0.05) is 31.5 Å². The van der Waals surface area contributed by atoms with Crippen LogP contribution < -0.4 is 0 Å². The maximum Gasteiger partial charge on any atom is 0.416 e. The molecule has 0 bridgehead atoms. The minimum absolute atomic E-state index is 0.132. The lowest BCUT2D eigenvalue weighted by Crippen LogP contribution is -2.52. The van der Waals surface area contributed by atoms with Crippen molar-refractivity contribution in [2.75, 3.05) is 0 Å². The fraction of sp³-hybridized carbons (Fsp3) is 0.355. The summed E-state index contributed by atoms with van der Waals surface area (Å²) >= 11 is 0. The molecule has 45 heavy (non-hydrogen) atoms. The topological polar surface area (TPSA) is 98.8 Å². The highest BCUT2D eigenvalue weighted by atomic mass is 32.2. The zero-order chi connectivity index (χ0) is 32.3. The van der Waals surface area contributed by atoms with Crippen molar-refractivity contribution in [1.82, 2.24) is 33.8 Å². The Morgan fingerprint density at radius 2 is 1.93 bits per heavy atom. The monoisotopic (exact) mass is 641 g/mol. The fourth-order valence-electron chi connectivity index (χ4n) is 6.66. The van der Waals surface area contributed by atoms with E-state index in [1.54, 1.807) is 28.8 Å². The Morgan fingerprint density at radius 1 is 1.16 bits per heavy atom. The van der Waals surface area contributed by atoms with E-state index in [1.807, 2.05) is 24.2 Å². The molecular formula is C31H31F4N7O2S. The first-order valence-corrected chi connectivity index (χ1v) is 16.0. The summed E-state index contributed by atoms with van der Waals surface area (Å²) in [7, 11) is -1.34. The second-order valence-electron chi connectivity index (χ2n) is 11.8. The van der Waals surface area contributed by atoms with Crippen LogP contribution in [0.4, 0.5) is 17.6 Å². The van der Waals surface area contributed by atoms with Gasteiger partial charge in [0.05, 0.1) is 55.6 Å². The van der Waals surface area contributed by atoms with Crippen LogP contribution in [0.15, 0.2) is 65.7 Å². The molecule has 0 aromatic carbocycles. The maximum atomic E-state index is 14.6. The Morgan fingerprint density at radius 3 is 2.58 bits per heavy atom. The Hall–Kier alpha value is -4.17. The number of aryl methyl sites for hydroxylation is 1. The Bertz CT molecular complexity index is 1910. The third-order valence-electron chi connectivity index (χ3n) is 8.60. The Labute approximate surface area is 257 Å². The molecule has 4 aromatic heterocycles. The van der Waals surface area contributed by atoms with E-state index in [0.717, 1.165) is 18.3 Å². The van der Waals surface area contributed by atoms with E-state index >= 15 is 0 Å². The smallest absolute Gasteiger partial charge is 0.291 e. The minimum Gasteiger partial charge on any atom is -0.291 e. The van der Waals surface area contributed by atoms with Gasteiger partial charge in [0.1, 0.15) is 5.69 Å². The number of ketones is 1. The van der Waals surface area contributed by atoms with Crippen molar-refractivity contribution in [3.05, 3.63) is 89.3 Å². The van der Waals surface area contributed by atoms with Crippen LogP contribution in [0.3, 0.4) is 0 Å². The summed E-state index contributed by atoms with van der Waals surface area (Å²) in [5, 5.41) is 8.66. The predicted molar refractivity (Wildman–Crippen MR) is 160 cm³/mol. The summed E-state index contributed by atoms with van der Waals surface area (Å²) in [6, 6.07) is 3.71. The number of alkyl halides is 3. The van der Waals surface area contributed by atoms with Crippen molar-refractivity contribution in [3.8, 4) is 5.69 Å². The number of halogens is 4. The largest absolute Gasteiger partial charge is 0.416 e. The molecule has 6 rings (SSSR count). The van der Waals surface area contributed by atoms with E-state index < -0.39 is 44.6 Å². The summed E-state index contributed by atoms with van der Waals surface area (Å²) < 4.78 is 74.0. The number of aromatic nitrogens is 6. The summed E-state index contributed by atoms with van der Waals surface area (Å²) in [6.45, 7) is 3.80. The van der Waals surface area contributed by atoms with E-state index in [1.165, 1.54) is 24.5 Å². The van der Waals surface area contributed by atoms with E-state index in [-0.39, 0.29) is 24.6 Å². The molecule has 0 N–H and O–H groups in total. The lowest BCUT2D eigenvalue weighted by atomic mass is 9.60. The van der Waals surface area contributed by atoms with Crippen LogP contribution in [-0.2, 0) is 29.4 Å². The van der Waals surface area contributed by atoms with Crippen molar-refractivity contribution in [3.63, 3.8) is 0 Å². The van der Waals surface area contributed by atoms with Gasteiger partial charge in [0.2, 0.25) is 5.95 Å². The number of carbonyl (C=O) groups excluding carboxylic acids is 1. The molecule has 236 valence electrons. The van der Waals surface area contributed by atoms with Crippen molar-refractivity contribution in [2.24, 2.45) is 12.5 Å². The molecule has 4 aromatic rings. The van der Waals surface area contributed by atoms with Crippen LogP contribution in [-0.4, -0.2) is 61.8 Å². The lowest BCUT2D eigenvalue weighted by molar-refractivity contribution is -0.137. The number of hydrogen-bond donors (Lipinski definition) is 0. The van der Waals surface area contributed by atoms with Crippen LogP contribution in [0.25, 0.3) is 11.8 Å². The summed E-state index contributed by atoms with van der Waals surface area (Å²) in [6.07, 6.45) is 5.51. The molecule has 9 nitrogen and oxygen atoms in total. The van der Waals surface area contributed by atoms with Gasteiger partial charge in [-0.15, -0.1) is 0 Å². The standard InChI is InChI=1S/C31H31F4N7O2S/c1-19(2)42(45(4,44)25-17-38-40(3)18-25)23-6-5-21-12-27-20(15-39-41(27)24-7-8-28(32)37-16-24)13-30(21,14-23)29(43)26-11-22(9-10-36-26)31(33,34)35/h7-12,15-19,23H,4-6,13-14H2,1-3H3/t23-,30-,45?/m0/s1. The highest BCUT2D eigenvalue weighted by Gasteiger charge is 2.52. The second-order valence-corrected chi connectivity index (χ2v) is 14.0. The normalized spacial score (nSPS) is 21.3. The quantitative estimate of drug-likeness (QED) is 0.117. The predicted octanol–water partition coefficient (Wildman–Crippen LogP) is 5.32. The van der Waals surface area contributed by atoms with Crippen molar-refractivity contribution < 1.29 is 26.6 Å². The van der Waals surface area contributed by atoms with Gasteiger partial charge in [0.15, 0.2) is 5.78 Å². The van der Waals surface area contributed by atoms with Gasteiger partial charge in [0.25, 0.3) is 0 Å². The average Bonchev–Trinajstić information content (AvgIpc) is 3.61. The van der Waals surface area contributed by atoms with Gasteiger partial charge in [-0.05, 0) is 81.3 Å².